The first-order valence-electron chi connectivity index (χ1n) is 13.4. The van der Waals surface area contributed by atoms with E-state index in [2.05, 4.69) is 20.1 Å². The summed E-state index contributed by atoms with van der Waals surface area (Å²) in [5.74, 6) is -0.931. The third kappa shape index (κ3) is 10.5. The number of rotatable bonds is 16. The molecule has 0 aliphatic rings. The molecule has 0 atom stereocenters. The number of hydrogen-bond acceptors (Lipinski definition) is 10. The SMILES string of the molecule is C=CC(=O)OCOc1ccc(C(=O)Oc2ccc(OC(=O)c3ccc(OCOC(=O)C=C)cc3)c(CCCCC)c2)cc1. The highest BCUT2D eigenvalue weighted by Crippen LogP contribution is 2.28. The molecule has 10 heteroatoms. The molecule has 3 aromatic carbocycles. The van der Waals surface area contributed by atoms with Crippen LogP contribution in [0.4, 0.5) is 0 Å². The van der Waals surface area contributed by atoms with Gasteiger partial charge in [0.2, 0.25) is 13.6 Å². The average Bonchev–Trinajstić information content (AvgIpc) is 3.02. The van der Waals surface area contributed by atoms with E-state index in [9.17, 15) is 19.2 Å². The zero-order chi connectivity index (χ0) is 31.0. The summed E-state index contributed by atoms with van der Waals surface area (Å²) in [6.45, 7) is 8.11. The second-order valence-electron chi connectivity index (χ2n) is 8.91. The molecule has 10 nitrogen and oxygen atoms in total. The lowest BCUT2D eigenvalue weighted by molar-refractivity contribution is -0.145. The lowest BCUT2D eigenvalue weighted by Crippen LogP contribution is -2.12. The summed E-state index contributed by atoms with van der Waals surface area (Å²) < 4.78 is 31.4. The standard InChI is InChI=1S/C33H32O10/c1-4-7-8-9-25-20-28(42-32(36)23-10-14-26(15-11-23)38-21-40-30(34)5-2)18-19-29(25)43-33(37)24-12-16-27(17-13-24)39-22-41-31(35)6-3/h5-6,10-20H,2-4,7-9,21-22H2,1H3. The van der Waals surface area contributed by atoms with Crippen LogP contribution in [-0.4, -0.2) is 37.5 Å². The first-order chi connectivity index (χ1) is 20.8. The molecule has 224 valence electrons. The Morgan fingerprint density at radius 2 is 1.14 bits per heavy atom. The van der Waals surface area contributed by atoms with E-state index in [1.165, 1.54) is 24.3 Å². The summed E-state index contributed by atoms with van der Waals surface area (Å²) in [5, 5.41) is 0. The highest BCUT2D eigenvalue weighted by Gasteiger charge is 2.15. The Bertz CT molecular complexity index is 1430. The molecular weight excluding hydrogens is 556 g/mol. The second kappa shape index (κ2) is 16.8. The molecular formula is C33H32O10. The quantitative estimate of drug-likeness (QED) is 0.0648. The van der Waals surface area contributed by atoms with E-state index >= 15 is 0 Å². The normalized spacial score (nSPS) is 10.2. The van der Waals surface area contributed by atoms with Gasteiger partial charge in [0, 0.05) is 12.2 Å². The van der Waals surface area contributed by atoms with Gasteiger partial charge in [0.05, 0.1) is 11.1 Å². The maximum atomic E-state index is 12.9. The van der Waals surface area contributed by atoms with Crippen molar-refractivity contribution < 1.29 is 47.6 Å². The molecule has 0 radical (unpaired) electrons. The Hall–Kier alpha value is -5.38. The summed E-state index contributed by atoms with van der Waals surface area (Å²) >= 11 is 0. The molecule has 3 aromatic rings. The zero-order valence-corrected chi connectivity index (χ0v) is 23.7. The summed E-state index contributed by atoms with van der Waals surface area (Å²) in [7, 11) is 0. The van der Waals surface area contributed by atoms with Gasteiger partial charge in [-0.25, -0.2) is 19.2 Å². The molecule has 0 aromatic heterocycles. The van der Waals surface area contributed by atoms with E-state index in [0.29, 0.717) is 35.0 Å². The minimum absolute atomic E-state index is 0.282. The van der Waals surface area contributed by atoms with E-state index in [4.69, 9.17) is 28.4 Å². The van der Waals surface area contributed by atoms with E-state index in [1.54, 1.807) is 42.5 Å². The fraction of sp³-hybridized carbons (Fsp3) is 0.212. The summed E-state index contributed by atoms with van der Waals surface area (Å²) in [6.07, 6.45) is 5.49. The van der Waals surface area contributed by atoms with Crippen LogP contribution in [0.25, 0.3) is 0 Å². The van der Waals surface area contributed by atoms with Crippen molar-refractivity contribution in [3.8, 4) is 23.0 Å². The van der Waals surface area contributed by atoms with Crippen LogP contribution in [0.5, 0.6) is 23.0 Å². The first kappa shape index (κ1) is 32.1. The van der Waals surface area contributed by atoms with Crippen molar-refractivity contribution in [2.24, 2.45) is 0 Å². The first-order valence-corrected chi connectivity index (χ1v) is 13.4. The Balaban J connectivity index is 1.64. The second-order valence-corrected chi connectivity index (χ2v) is 8.91. The molecule has 0 fully saturated rings. The zero-order valence-electron chi connectivity index (χ0n) is 23.7. The Kier molecular flexibility index (Phi) is 12.5. The molecule has 0 unspecified atom stereocenters. The fourth-order valence-electron chi connectivity index (χ4n) is 3.61. The van der Waals surface area contributed by atoms with Gasteiger partial charge < -0.3 is 28.4 Å². The van der Waals surface area contributed by atoms with Crippen molar-refractivity contribution in [1.82, 2.24) is 0 Å². The van der Waals surface area contributed by atoms with Crippen LogP contribution in [0.3, 0.4) is 0 Å². The van der Waals surface area contributed by atoms with Crippen molar-refractivity contribution in [2.75, 3.05) is 13.6 Å². The van der Waals surface area contributed by atoms with Gasteiger partial charge >= 0.3 is 23.9 Å². The van der Waals surface area contributed by atoms with Crippen LogP contribution in [0.1, 0.15) is 52.5 Å². The van der Waals surface area contributed by atoms with Gasteiger partial charge in [-0.3, -0.25) is 0 Å². The molecule has 0 saturated carbocycles. The number of esters is 4. The minimum atomic E-state index is -0.610. The van der Waals surface area contributed by atoms with Crippen molar-refractivity contribution in [2.45, 2.75) is 32.6 Å². The van der Waals surface area contributed by atoms with Gasteiger partial charge in [-0.15, -0.1) is 0 Å². The number of unbranched alkanes of at least 4 members (excludes halogenated alkanes) is 2. The Morgan fingerprint density at radius 3 is 1.63 bits per heavy atom. The lowest BCUT2D eigenvalue weighted by atomic mass is 10.1. The molecule has 0 N–H and O–H groups in total. The van der Waals surface area contributed by atoms with Crippen LogP contribution in [0.2, 0.25) is 0 Å². The van der Waals surface area contributed by atoms with Gasteiger partial charge in [0.25, 0.3) is 0 Å². The van der Waals surface area contributed by atoms with Gasteiger partial charge in [-0.05, 0) is 85.1 Å². The molecule has 0 heterocycles. The molecule has 0 saturated heterocycles. The smallest absolute Gasteiger partial charge is 0.343 e. The van der Waals surface area contributed by atoms with Gasteiger partial charge in [0.15, 0.2) is 0 Å². The molecule has 0 bridgehead atoms. The van der Waals surface area contributed by atoms with E-state index < -0.39 is 23.9 Å². The highest BCUT2D eigenvalue weighted by atomic mass is 16.7. The number of hydrogen-bond donors (Lipinski definition) is 0. The summed E-state index contributed by atoms with van der Waals surface area (Å²) in [5.41, 5.74) is 1.29. The molecule has 43 heavy (non-hydrogen) atoms. The van der Waals surface area contributed by atoms with E-state index in [0.717, 1.165) is 31.4 Å². The lowest BCUT2D eigenvalue weighted by Gasteiger charge is -2.13. The Labute approximate surface area is 249 Å². The molecule has 0 amide bonds. The number of carbonyl (C=O) groups excluding carboxylic acids is 4. The van der Waals surface area contributed by atoms with Gasteiger partial charge in [0.1, 0.15) is 23.0 Å². The maximum Gasteiger partial charge on any atom is 0.343 e. The molecule has 0 spiro atoms. The van der Waals surface area contributed by atoms with Crippen molar-refractivity contribution in [1.29, 1.82) is 0 Å². The molecule has 0 aliphatic carbocycles. The van der Waals surface area contributed by atoms with Gasteiger partial charge in [-0.1, -0.05) is 32.9 Å². The monoisotopic (exact) mass is 588 g/mol. The van der Waals surface area contributed by atoms with E-state index in [-0.39, 0.29) is 24.7 Å². The minimum Gasteiger partial charge on any atom is -0.457 e. The maximum absolute atomic E-state index is 12.9. The van der Waals surface area contributed by atoms with Gasteiger partial charge in [-0.2, -0.15) is 0 Å². The third-order valence-corrected chi connectivity index (χ3v) is 5.86. The van der Waals surface area contributed by atoms with Crippen LogP contribution < -0.4 is 18.9 Å². The molecule has 0 aliphatic heterocycles. The van der Waals surface area contributed by atoms with Crippen molar-refractivity contribution in [3.63, 3.8) is 0 Å². The predicted octanol–water partition coefficient (Wildman–Crippen LogP) is 5.99. The fourth-order valence-corrected chi connectivity index (χ4v) is 3.61. The summed E-state index contributed by atoms with van der Waals surface area (Å²) in [4.78, 5) is 47.8. The number of carbonyl (C=O) groups is 4. The highest BCUT2D eigenvalue weighted by molar-refractivity contribution is 5.92. The summed E-state index contributed by atoms with van der Waals surface area (Å²) in [6, 6.07) is 17.1. The van der Waals surface area contributed by atoms with E-state index in [1.807, 2.05) is 0 Å². The predicted molar refractivity (Wildman–Crippen MR) is 156 cm³/mol. The number of ether oxygens (including phenoxy) is 6. The van der Waals surface area contributed by atoms with Crippen LogP contribution in [0.15, 0.2) is 92.0 Å². The average molecular weight is 589 g/mol. The topological polar surface area (TPSA) is 124 Å². The number of aryl methyl sites for hydroxylation is 1. The van der Waals surface area contributed by atoms with Crippen molar-refractivity contribution in [3.05, 3.63) is 109 Å². The largest absolute Gasteiger partial charge is 0.457 e. The third-order valence-electron chi connectivity index (χ3n) is 5.86. The molecule has 3 rings (SSSR count). The van der Waals surface area contributed by atoms with Crippen LogP contribution in [0, 0.1) is 0 Å². The van der Waals surface area contributed by atoms with Crippen LogP contribution >= 0.6 is 0 Å². The van der Waals surface area contributed by atoms with Crippen molar-refractivity contribution >= 4 is 23.9 Å². The Morgan fingerprint density at radius 1 is 0.651 bits per heavy atom. The van der Waals surface area contributed by atoms with Crippen LogP contribution in [-0.2, 0) is 25.5 Å². The number of benzene rings is 3.